The molecule has 0 unspecified atom stereocenters. The number of nitrogens with zero attached hydrogens (tertiary/aromatic N) is 4. The third kappa shape index (κ3) is 4.26. The minimum atomic E-state index is -0.856. The van der Waals surface area contributed by atoms with Crippen LogP contribution < -0.4 is 0 Å². The highest BCUT2D eigenvalue weighted by Gasteiger charge is 2.26. The Balaban J connectivity index is 1.50. The van der Waals surface area contributed by atoms with Crippen molar-refractivity contribution in [2.24, 2.45) is 0 Å². The van der Waals surface area contributed by atoms with E-state index in [0.29, 0.717) is 13.1 Å². The van der Waals surface area contributed by atoms with Crippen molar-refractivity contribution in [3.63, 3.8) is 0 Å². The van der Waals surface area contributed by atoms with Gasteiger partial charge < -0.3 is 10.0 Å². The van der Waals surface area contributed by atoms with Gasteiger partial charge in [-0.05, 0) is 72.7 Å². The molecule has 184 valence electrons. The summed E-state index contributed by atoms with van der Waals surface area (Å²) in [6.07, 6.45) is 0.751. The molecule has 0 saturated carbocycles. The summed E-state index contributed by atoms with van der Waals surface area (Å²) < 4.78 is 1.84. The SMILES string of the molecule is CCn1nnc2c(C)c([C@@H](CC(=O)O)c3ccc4c(c3)CN(C(=O)c3ccccc3C)CC4)ccc21. The maximum atomic E-state index is 13.2. The molecule has 1 N–H and O–H groups in total. The summed E-state index contributed by atoms with van der Waals surface area (Å²) in [6, 6.07) is 17.9. The summed E-state index contributed by atoms with van der Waals surface area (Å²) in [6.45, 7) is 7.86. The molecule has 0 radical (unpaired) electrons. The second-order valence-electron chi connectivity index (χ2n) is 9.52. The Morgan fingerprint density at radius 1 is 1.06 bits per heavy atom. The Kier molecular flexibility index (Phi) is 6.31. The average molecular weight is 483 g/mol. The van der Waals surface area contributed by atoms with Gasteiger partial charge in [-0.3, -0.25) is 9.59 Å². The molecule has 0 fully saturated rings. The fourth-order valence-electron chi connectivity index (χ4n) is 5.33. The molecule has 1 aromatic heterocycles. The fraction of sp³-hybridized carbons (Fsp3) is 0.310. The van der Waals surface area contributed by atoms with Crippen molar-refractivity contribution in [2.75, 3.05) is 6.54 Å². The number of rotatable bonds is 6. The van der Waals surface area contributed by atoms with Crippen molar-refractivity contribution in [1.82, 2.24) is 19.9 Å². The minimum Gasteiger partial charge on any atom is -0.481 e. The highest BCUT2D eigenvalue weighted by Crippen LogP contribution is 2.35. The number of aryl methyl sites for hydroxylation is 3. The van der Waals surface area contributed by atoms with E-state index >= 15 is 0 Å². The lowest BCUT2D eigenvalue weighted by atomic mass is 9.83. The van der Waals surface area contributed by atoms with Crippen LogP contribution in [-0.4, -0.2) is 43.4 Å². The van der Waals surface area contributed by atoms with Crippen molar-refractivity contribution in [2.45, 2.75) is 52.6 Å². The molecule has 0 bridgehead atoms. The zero-order chi connectivity index (χ0) is 25.4. The van der Waals surface area contributed by atoms with E-state index in [9.17, 15) is 14.7 Å². The molecule has 3 aromatic carbocycles. The van der Waals surface area contributed by atoms with E-state index in [4.69, 9.17) is 0 Å². The van der Waals surface area contributed by atoms with Crippen LogP contribution >= 0.6 is 0 Å². The lowest BCUT2D eigenvalue weighted by Crippen LogP contribution is -2.36. The molecule has 0 saturated heterocycles. The van der Waals surface area contributed by atoms with E-state index in [2.05, 4.69) is 22.4 Å². The quantitative estimate of drug-likeness (QED) is 0.423. The first-order valence-electron chi connectivity index (χ1n) is 12.4. The van der Waals surface area contributed by atoms with Crippen LogP contribution in [0.25, 0.3) is 11.0 Å². The first kappa shape index (κ1) is 23.7. The van der Waals surface area contributed by atoms with Crippen molar-refractivity contribution in [3.05, 3.63) is 93.5 Å². The van der Waals surface area contributed by atoms with Crippen LogP contribution in [-0.2, 0) is 24.3 Å². The van der Waals surface area contributed by atoms with Crippen LogP contribution in [0.15, 0.2) is 54.6 Å². The van der Waals surface area contributed by atoms with Gasteiger partial charge in [-0.25, -0.2) is 4.68 Å². The van der Waals surface area contributed by atoms with Gasteiger partial charge in [0.1, 0.15) is 5.52 Å². The van der Waals surface area contributed by atoms with Crippen LogP contribution in [0.1, 0.15) is 63.0 Å². The normalized spacial score (nSPS) is 14.0. The van der Waals surface area contributed by atoms with E-state index in [-0.39, 0.29) is 18.2 Å². The largest absolute Gasteiger partial charge is 0.481 e. The van der Waals surface area contributed by atoms with Gasteiger partial charge in [-0.1, -0.05) is 47.7 Å². The van der Waals surface area contributed by atoms with Gasteiger partial charge >= 0.3 is 5.97 Å². The Labute approximate surface area is 210 Å². The van der Waals surface area contributed by atoms with Crippen molar-refractivity contribution in [1.29, 1.82) is 0 Å². The van der Waals surface area contributed by atoms with Crippen LogP contribution in [0, 0.1) is 13.8 Å². The Bertz CT molecular complexity index is 1470. The van der Waals surface area contributed by atoms with Crippen molar-refractivity contribution < 1.29 is 14.7 Å². The standard InChI is InChI=1S/C29H30N4O3/c1-4-33-26-12-11-24(19(3)28(26)30-31-33)25(16-27(34)35)21-10-9-20-13-14-32(17-22(20)15-21)29(36)23-8-6-5-7-18(23)2/h5-12,15,25H,4,13-14,16-17H2,1-3H3,(H,34,35)/t25-/m0/s1. The monoisotopic (exact) mass is 482 g/mol. The zero-order valence-corrected chi connectivity index (χ0v) is 20.9. The third-order valence-electron chi connectivity index (χ3n) is 7.34. The molecule has 7 nitrogen and oxygen atoms in total. The molecule has 2 heterocycles. The van der Waals surface area contributed by atoms with Crippen LogP contribution in [0.2, 0.25) is 0 Å². The first-order chi connectivity index (χ1) is 17.4. The van der Waals surface area contributed by atoms with Gasteiger partial charge in [0.05, 0.1) is 11.9 Å². The van der Waals surface area contributed by atoms with Crippen LogP contribution in [0.5, 0.6) is 0 Å². The van der Waals surface area contributed by atoms with E-state index in [1.807, 2.05) is 72.8 Å². The summed E-state index contributed by atoms with van der Waals surface area (Å²) in [4.78, 5) is 27.1. The Hall–Kier alpha value is -4.00. The van der Waals surface area contributed by atoms with Crippen molar-refractivity contribution in [3.8, 4) is 0 Å². The second-order valence-corrected chi connectivity index (χ2v) is 9.52. The number of carbonyl (C=O) groups excluding carboxylic acids is 1. The molecule has 1 aliphatic heterocycles. The van der Waals surface area contributed by atoms with Gasteiger partial charge in [0.15, 0.2) is 0 Å². The molecular weight excluding hydrogens is 452 g/mol. The van der Waals surface area contributed by atoms with Gasteiger partial charge in [0, 0.05) is 31.1 Å². The molecule has 1 atom stereocenters. The lowest BCUT2D eigenvalue weighted by molar-refractivity contribution is -0.137. The molecule has 4 aromatic rings. The number of carboxylic acids is 1. The number of hydrogen-bond donors (Lipinski definition) is 1. The summed E-state index contributed by atoms with van der Waals surface area (Å²) in [5, 5.41) is 18.4. The van der Waals surface area contributed by atoms with Gasteiger partial charge in [-0.2, -0.15) is 0 Å². The summed E-state index contributed by atoms with van der Waals surface area (Å²) >= 11 is 0. The average Bonchev–Trinajstić information content (AvgIpc) is 3.31. The van der Waals surface area contributed by atoms with Gasteiger partial charge in [0.25, 0.3) is 5.91 Å². The Morgan fingerprint density at radius 3 is 2.61 bits per heavy atom. The van der Waals surface area contributed by atoms with E-state index in [1.54, 1.807) is 0 Å². The predicted molar refractivity (Wildman–Crippen MR) is 138 cm³/mol. The fourth-order valence-corrected chi connectivity index (χ4v) is 5.33. The molecule has 7 heteroatoms. The number of amides is 1. The highest BCUT2D eigenvalue weighted by molar-refractivity contribution is 5.95. The van der Waals surface area contributed by atoms with Gasteiger partial charge in [-0.15, -0.1) is 5.10 Å². The predicted octanol–water partition coefficient (Wildman–Crippen LogP) is 4.87. The lowest BCUT2D eigenvalue weighted by Gasteiger charge is -2.30. The van der Waals surface area contributed by atoms with Crippen molar-refractivity contribution >= 4 is 22.9 Å². The van der Waals surface area contributed by atoms with E-state index in [0.717, 1.165) is 57.4 Å². The summed E-state index contributed by atoms with van der Waals surface area (Å²) in [5.41, 5.74) is 8.56. The number of aliphatic carboxylic acids is 1. The molecule has 0 aliphatic carbocycles. The molecule has 0 spiro atoms. The second kappa shape index (κ2) is 9.57. The zero-order valence-electron chi connectivity index (χ0n) is 20.9. The summed E-state index contributed by atoms with van der Waals surface area (Å²) in [7, 11) is 0. The number of benzene rings is 3. The van der Waals surface area contributed by atoms with E-state index in [1.165, 1.54) is 5.56 Å². The third-order valence-corrected chi connectivity index (χ3v) is 7.34. The molecule has 36 heavy (non-hydrogen) atoms. The number of aromatic nitrogens is 3. The first-order valence-corrected chi connectivity index (χ1v) is 12.4. The Morgan fingerprint density at radius 2 is 1.86 bits per heavy atom. The number of carboxylic acid groups (broad SMARTS) is 1. The molecular formula is C29H30N4O3. The number of hydrogen-bond acceptors (Lipinski definition) is 4. The van der Waals surface area contributed by atoms with E-state index < -0.39 is 5.97 Å². The van der Waals surface area contributed by atoms with Crippen LogP contribution in [0.3, 0.4) is 0 Å². The van der Waals surface area contributed by atoms with Gasteiger partial charge in [0.2, 0.25) is 0 Å². The topological polar surface area (TPSA) is 88.3 Å². The number of fused-ring (bicyclic) bond motifs is 2. The molecule has 1 amide bonds. The molecule has 1 aliphatic rings. The molecule has 5 rings (SSSR count). The van der Waals surface area contributed by atoms with Crippen LogP contribution in [0.4, 0.5) is 0 Å². The number of carbonyl (C=O) groups is 2. The smallest absolute Gasteiger partial charge is 0.304 e. The maximum Gasteiger partial charge on any atom is 0.304 e. The highest BCUT2D eigenvalue weighted by atomic mass is 16.4. The summed E-state index contributed by atoms with van der Waals surface area (Å²) in [5.74, 6) is -1.15. The minimum absolute atomic E-state index is 0.0289. The maximum absolute atomic E-state index is 13.2.